The summed E-state index contributed by atoms with van der Waals surface area (Å²) in [7, 11) is -3.17. The summed E-state index contributed by atoms with van der Waals surface area (Å²) in [5.41, 5.74) is 1.10. The Morgan fingerprint density at radius 2 is 2.22 bits per heavy atom. The molecule has 0 bridgehead atoms. The van der Waals surface area contributed by atoms with Crippen molar-refractivity contribution in [1.29, 1.82) is 0 Å². The molecule has 23 heavy (non-hydrogen) atoms. The average Bonchev–Trinajstić information content (AvgIpc) is 3.08. The summed E-state index contributed by atoms with van der Waals surface area (Å²) < 4.78 is 34.2. The molecule has 0 radical (unpaired) electrons. The number of nitrogens with one attached hydrogen (secondary N) is 1. The van der Waals surface area contributed by atoms with Crippen LogP contribution < -0.4 is 4.72 Å². The quantitative estimate of drug-likeness (QED) is 0.855. The monoisotopic (exact) mass is 336 g/mol. The summed E-state index contributed by atoms with van der Waals surface area (Å²) in [5.74, 6) is 0.912. The fraction of sp³-hybridized carbons (Fsp3) is 0.533. The van der Waals surface area contributed by atoms with Crippen LogP contribution in [0, 0.1) is 0 Å². The second-order valence-electron chi connectivity index (χ2n) is 6.26. The molecule has 2 aromatic heterocycles. The van der Waals surface area contributed by atoms with Gasteiger partial charge in [-0.3, -0.25) is 9.58 Å². The van der Waals surface area contributed by atoms with Crippen molar-refractivity contribution in [2.75, 3.05) is 13.1 Å². The molecule has 1 N–H and O–H groups in total. The van der Waals surface area contributed by atoms with Gasteiger partial charge in [-0.2, -0.15) is 5.10 Å². The summed E-state index contributed by atoms with van der Waals surface area (Å²) in [4.78, 5) is 2.26. The minimum Gasteiger partial charge on any atom is -0.468 e. The van der Waals surface area contributed by atoms with Crippen LogP contribution in [0.25, 0.3) is 0 Å². The first-order chi connectivity index (χ1) is 11.1. The number of furan rings is 1. The first-order valence-electron chi connectivity index (χ1n) is 7.87. The molecule has 2 aliphatic rings. The van der Waals surface area contributed by atoms with Crippen LogP contribution in [0.15, 0.2) is 35.1 Å². The van der Waals surface area contributed by atoms with Crippen molar-refractivity contribution in [3.05, 3.63) is 42.1 Å². The van der Waals surface area contributed by atoms with Crippen molar-refractivity contribution in [2.45, 2.75) is 37.2 Å². The molecule has 1 aliphatic carbocycles. The molecular formula is C15H20N4O3S. The van der Waals surface area contributed by atoms with E-state index in [1.54, 1.807) is 12.5 Å². The molecule has 1 atom stereocenters. The summed E-state index contributed by atoms with van der Waals surface area (Å²) >= 11 is 0. The van der Waals surface area contributed by atoms with Gasteiger partial charge in [0.05, 0.1) is 29.8 Å². The molecule has 1 fully saturated rings. The van der Waals surface area contributed by atoms with Crippen LogP contribution in [-0.4, -0.2) is 41.4 Å². The van der Waals surface area contributed by atoms with Crippen LogP contribution in [-0.2, 0) is 23.1 Å². The lowest BCUT2D eigenvalue weighted by molar-refractivity contribution is 0.157. The Labute approximate surface area is 135 Å². The molecule has 1 unspecified atom stereocenters. The fourth-order valence-corrected chi connectivity index (χ4v) is 4.48. The molecule has 0 saturated heterocycles. The van der Waals surface area contributed by atoms with E-state index in [0.717, 1.165) is 37.4 Å². The Bertz CT molecular complexity index is 765. The zero-order chi connectivity index (χ0) is 15.9. The first kappa shape index (κ1) is 14.9. The zero-order valence-corrected chi connectivity index (χ0v) is 13.6. The summed E-state index contributed by atoms with van der Waals surface area (Å²) in [5, 5.41) is 4.17. The number of nitrogens with zero attached hydrogens (tertiary/aromatic N) is 3. The average molecular weight is 336 g/mol. The lowest BCUT2D eigenvalue weighted by atomic mass is 10.2. The van der Waals surface area contributed by atoms with Gasteiger partial charge in [-0.1, -0.05) is 0 Å². The maximum atomic E-state index is 12.1. The second kappa shape index (κ2) is 5.77. The zero-order valence-electron chi connectivity index (χ0n) is 12.8. The van der Waals surface area contributed by atoms with Gasteiger partial charge in [-0.25, -0.2) is 13.1 Å². The molecule has 124 valence electrons. The normalized spacial score (nSPS) is 22.2. The van der Waals surface area contributed by atoms with E-state index < -0.39 is 10.0 Å². The molecule has 1 saturated carbocycles. The van der Waals surface area contributed by atoms with Crippen LogP contribution >= 0.6 is 0 Å². The highest BCUT2D eigenvalue weighted by molar-refractivity contribution is 7.90. The molecule has 1 aliphatic heterocycles. The summed E-state index contributed by atoms with van der Waals surface area (Å²) in [6.07, 6.45) is 4.99. The molecule has 3 heterocycles. The predicted octanol–water partition coefficient (Wildman–Crippen LogP) is 1.11. The molecular weight excluding hydrogens is 316 g/mol. The van der Waals surface area contributed by atoms with Crippen molar-refractivity contribution in [1.82, 2.24) is 19.4 Å². The van der Waals surface area contributed by atoms with Gasteiger partial charge in [-0.05, 0) is 31.0 Å². The molecule has 0 spiro atoms. The summed E-state index contributed by atoms with van der Waals surface area (Å²) in [6.45, 7) is 2.61. The predicted molar refractivity (Wildman–Crippen MR) is 84.0 cm³/mol. The van der Waals surface area contributed by atoms with Crippen molar-refractivity contribution in [3.63, 3.8) is 0 Å². The minimum atomic E-state index is -3.17. The van der Waals surface area contributed by atoms with E-state index in [0.29, 0.717) is 13.1 Å². The third-order valence-corrected chi connectivity index (χ3v) is 6.31. The standard InChI is InChI=1S/C15H20N4O3S/c20-23(21,15-3-4-15)17-8-13-10-18(11-14-2-1-7-22-14)9-12-5-6-16-19(12)13/h1-2,5-7,13,15,17H,3-4,8-11H2. The van der Waals surface area contributed by atoms with E-state index in [9.17, 15) is 8.42 Å². The number of hydrogen-bond donors (Lipinski definition) is 1. The topological polar surface area (TPSA) is 80.4 Å². The minimum absolute atomic E-state index is 0.00256. The smallest absolute Gasteiger partial charge is 0.214 e. The van der Waals surface area contributed by atoms with Crippen molar-refractivity contribution >= 4 is 10.0 Å². The van der Waals surface area contributed by atoms with Crippen LogP contribution in [0.5, 0.6) is 0 Å². The SMILES string of the molecule is O=S(=O)(NCC1CN(Cc2ccco2)Cc2ccnn21)C1CC1. The maximum Gasteiger partial charge on any atom is 0.214 e. The fourth-order valence-electron chi connectivity index (χ4n) is 3.07. The van der Waals surface area contributed by atoms with Crippen molar-refractivity contribution in [2.24, 2.45) is 0 Å². The highest BCUT2D eigenvalue weighted by Crippen LogP contribution is 2.28. The van der Waals surface area contributed by atoms with Crippen LogP contribution in [0.3, 0.4) is 0 Å². The van der Waals surface area contributed by atoms with E-state index in [-0.39, 0.29) is 11.3 Å². The molecule has 4 rings (SSSR count). The number of hydrogen-bond acceptors (Lipinski definition) is 5. The van der Waals surface area contributed by atoms with Gasteiger partial charge in [0, 0.05) is 25.8 Å². The number of rotatable bonds is 6. The number of aromatic nitrogens is 2. The summed E-state index contributed by atoms with van der Waals surface area (Å²) in [6, 6.07) is 5.82. The van der Waals surface area contributed by atoms with Crippen LogP contribution in [0.4, 0.5) is 0 Å². The molecule has 0 amide bonds. The van der Waals surface area contributed by atoms with Gasteiger partial charge >= 0.3 is 0 Å². The Morgan fingerprint density at radius 3 is 2.96 bits per heavy atom. The van der Waals surface area contributed by atoms with Crippen LogP contribution in [0.1, 0.15) is 30.3 Å². The molecule has 0 aromatic carbocycles. The molecule has 2 aromatic rings. The van der Waals surface area contributed by atoms with Gasteiger partial charge < -0.3 is 4.42 Å². The second-order valence-corrected chi connectivity index (χ2v) is 8.31. The van der Waals surface area contributed by atoms with E-state index >= 15 is 0 Å². The third kappa shape index (κ3) is 3.19. The van der Waals surface area contributed by atoms with Gasteiger partial charge in [0.2, 0.25) is 10.0 Å². The Hall–Kier alpha value is -1.64. The van der Waals surface area contributed by atoms with E-state index in [1.807, 2.05) is 22.9 Å². The van der Waals surface area contributed by atoms with Crippen molar-refractivity contribution in [3.8, 4) is 0 Å². The highest BCUT2D eigenvalue weighted by atomic mass is 32.2. The highest BCUT2D eigenvalue weighted by Gasteiger charge is 2.36. The maximum absolute atomic E-state index is 12.1. The Kier molecular flexibility index (Phi) is 3.74. The van der Waals surface area contributed by atoms with Gasteiger partial charge in [0.15, 0.2) is 0 Å². The first-order valence-corrected chi connectivity index (χ1v) is 9.42. The number of sulfonamides is 1. The molecule has 8 heteroatoms. The Balaban J connectivity index is 1.47. The van der Waals surface area contributed by atoms with Crippen LogP contribution in [0.2, 0.25) is 0 Å². The van der Waals surface area contributed by atoms with E-state index in [2.05, 4.69) is 14.7 Å². The largest absolute Gasteiger partial charge is 0.468 e. The van der Waals surface area contributed by atoms with Gasteiger partial charge in [0.1, 0.15) is 5.76 Å². The van der Waals surface area contributed by atoms with Gasteiger partial charge in [0.25, 0.3) is 0 Å². The van der Waals surface area contributed by atoms with Crippen molar-refractivity contribution < 1.29 is 12.8 Å². The Morgan fingerprint density at radius 1 is 1.35 bits per heavy atom. The third-order valence-electron chi connectivity index (χ3n) is 4.40. The van der Waals surface area contributed by atoms with E-state index in [1.165, 1.54) is 0 Å². The molecule has 7 nitrogen and oxygen atoms in total. The van der Waals surface area contributed by atoms with E-state index in [4.69, 9.17) is 4.42 Å². The lowest BCUT2D eigenvalue weighted by Crippen LogP contribution is -2.43. The van der Waals surface area contributed by atoms with Gasteiger partial charge in [-0.15, -0.1) is 0 Å². The lowest BCUT2D eigenvalue weighted by Gasteiger charge is -2.33. The number of fused-ring (bicyclic) bond motifs is 1.